The minimum absolute atomic E-state index is 0.0183. The van der Waals surface area contributed by atoms with E-state index in [0.717, 1.165) is 35.2 Å². The Morgan fingerprint density at radius 2 is 1.86 bits per heavy atom. The fraction of sp³-hybridized carbons (Fsp3) is 0.375. The lowest BCUT2D eigenvalue weighted by atomic mass is 10.0. The lowest BCUT2D eigenvalue weighted by Gasteiger charge is -2.29. The van der Waals surface area contributed by atoms with Crippen LogP contribution in [0.15, 0.2) is 47.8 Å². The predicted octanol–water partition coefficient (Wildman–Crippen LogP) is 6.33. The second kappa shape index (κ2) is 8.78. The Bertz CT molecular complexity index is 958. The molecule has 0 aliphatic carbocycles. The maximum atomic E-state index is 13.0. The molecule has 3 aromatic rings. The molecule has 148 valence electrons. The van der Waals surface area contributed by atoms with E-state index in [1.165, 1.54) is 10.1 Å². The zero-order valence-electron chi connectivity index (χ0n) is 17.5. The Morgan fingerprint density at radius 3 is 2.57 bits per heavy atom. The first kappa shape index (κ1) is 20.4. The number of amides is 1. The van der Waals surface area contributed by atoms with E-state index in [9.17, 15) is 4.79 Å². The molecule has 0 aliphatic rings. The quantitative estimate of drug-likeness (QED) is 0.508. The first-order valence-electron chi connectivity index (χ1n) is 10.1. The van der Waals surface area contributed by atoms with Crippen LogP contribution in [-0.4, -0.2) is 19.0 Å². The number of hydrogen-bond donors (Lipinski definition) is 1. The summed E-state index contributed by atoms with van der Waals surface area (Å²) < 4.78 is 1.27. The second-order valence-electron chi connectivity index (χ2n) is 7.49. The van der Waals surface area contributed by atoms with Gasteiger partial charge in [0.2, 0.25) is 0 Å². The molecule has 0 spiro atoms. The Labute approximate surface area is 172 Å². The number of carbonyl (C=O) groups excluding carboxylic acids is 1. The van der Waals surface area contributed by atoms with Gasteiger partial charge in [0.25, 0.3) is 5.91 Å². The molecule has 0 bridgehead atoms. The molecule has 28 heavy (non-hydrogen) atoms. The Hall–Kier alpha value is -2.33. The summed E-state index contributed by atoms with van der Waals surface area (Å²) in [6, 6.07) is 15.1. The second-order valence-corrected chi connectivity index (χ2v) is 8.44. The fourth-order valence-electron chi connectivity index (χ4n) is 3.73. The predicted molar refractivity (Wildman–Crippen MR) is 122 cm³/mol. The summed E-state index contributed by atoms with van der Waals surface area (Å²) in [7, 11) is 2.11. The van der Waals surface area contributed by atoms with Crippen LogP contribution in [-0.2, 0) is 0 Å². The summed E-state index contributed by atoms with van der Waals surface area (Å²) in [6.07, 6.45) is 2.18. The summed E-state index contributed by atoms with van der Waals surface area (Å²) in [5, 5.41) is 6.51. The van der Waals surface area contributed by atoms with Crippen molar-refractivity contribution in [2.24, 2.45) is 0 Å². The average Bonchev–Trinajstić information content (AvgIpc) is 3.16. The van der Waals surface area contributed by atoms with E-state index in [4.69, 9.17) is 0 Å². The van der Waals surface area contributed by atoms with Crippen LogP contribution < -0.4 is 10.2 Å². The molecular weight excluding hydrogens is 364 g/mol. The number of benzene rings is 2. The zero-order valence-corrected chi connectivity index (χ0v) is 18.3. The number of rotatable bonds is 7. The van der Waals surface area contributed by atoms with Crippen LogP contribution in [0.4, 0.5) is 5.69 Å². The van der Waals surface area contributed by atoms with Gasteiger partial charge in [0.15, 0.2) is 0 Å². The van der Waals surface area contributed by atoms with Gasteiger partial charge >= 0.3 is 0 Å². The van der Waals surface area contributed by atoms with Crippen molar-refractivity contribution in [2.45, 2.75) is 52.6 Å². The van der Waals surface area contributed by atoms with Crippen molar-refractivity contribution in [3.63, 3.8) is 0 Å². The van der Waals surface area contributed by atoms with Gasteiger partial charge in [-0.2, -0.15) is 0 Å². The number of carbonyl (C=O) groups is 1. The van der Waals surface area contributed by atoms with E-state index in [0.29, 0.717) is 6.04 Å². The van der Waals surface area contributed by atoms with Gasteiger partial charge in [-0.25, -0.2) is 0 Å². The van der Waals surface area contributed by atoms with Gasteiger partial charge in [-0.15, -0.1) is 11.3 Å². The van der Waals surface area contributed by atoms with Crippen molar-refractivity contribution in [1.29, 1.82) is 0 Å². The largest absolute Gasteiger partial charge is 0.372 e. The number of fused-ring (bicyclic) bond motifs is 1. The molecule has 3 nitrogen and oxygen atoms in total. The highest BCUT2D eigenvalue weighted by atomic mass is 32.1. The summed E-state index contributed by atoms with van der Waals surface area (Å²) >= 11 is 1.74. The number of hydrogen-bond acceptors (Lipinski definition) is 3. The molecule has 1 N–H and O–H groups in total. The first-order valence-corrected chi connectivity index (χ1v) is 10.9. The van der Waals surface area contributed by atoms with E-state index >= 15 is 0 Å². The van der Waals surface area contributed by atoms with Gasteiger partial charge in [-0.3, -0.25) is 4.79 Å². The van der Waals surface area contributed by atoms with E-state index in [-0.39, 0.29) is 11.9 Å². The van der Waals surface area contributed by atoms with Crippen LogP contribution in [0.3, 0.4) is 0 Å². The molecule has 0 fully saturated rings. The minimum Gasteiger partial charge on any atom is -0.372 e. The van der Waals surface area contributed by atoms with Gasteiger partial charge in [0.1, 0.15) is 0 Å². The Kier molecular flexibility index (Phi) is 6.40. The van der Waals surface area contributed by atoms with E-state index in [2.05, 4.69) is 66.8 Å². The summed E-state index contributed by atoms with van der Waals surface area (Å²) in [4.78, 5) is 15.3. The molecule has 0 aliphatic heterocycles. The molecule has 0 saturated carbocycles. The molecule has 1 heterocycles. The summed E-state index contributed by atoms with van der Waals surface area (Å²) in [6.45, 7) is 8.45. The van der Waals surface area contributed by atoms with Crippen molar-refractivity contribution < 1.29 is 4.79 Å². The summed E-state index contributed by atoms with van der Waals surface area (Å²) in [5.41, 5.74) is 3.97. The van der Waals surface area contributed by atoms with Crippen LogP contribution >= 0.6 is 11.3 Å². The number of nitrogens with zero attached hydrogens (tertiary/aromatic N) is 1. The average molecular weight is 395 g/mol. The number of aryl methyl sites for hydroxylation is 1. The van der Waals surface area contributed by atoms with Crippen molar-refractivity contribution in [2.75, 3.05) is 11.9 Å². The third-order valence-corrected chi connectivity index (χ3v) is 6.59. The van der Waals surface area contributed by atoms with Gasteiger partial charge in [0, 0.05) is 29.0 Å². The zero-order chi connectivity index (χ0) is 20.3. The SMILES string of the molecule is CCC(CC)N(C)c1ccc(C)c(C(=O)NC(C)c2ccc3sccc3c2)c1. The number of thiophene rings is 1. The highest BCUT2D eigenvalue weighted by Gasteiger charge is 2.17. The molecule has 4 heteroatoms. The molecule has 2 aromatic carbocycles. The van der Waals surface area contributed by atoms with Gasteiger partial charge in [0.05, 0.1) is 6.04 Å². The van der Waals surface area contributed by atoms with Crippen LogP contribution in [0, 0.1) is 6.92 Å². The van der Waals surface area contributed by atoms with E-state index in [1.807, 2.05) is 26.0 Å². The van der Waals surface area contributed by atoms with Crippen LogP contribution in [0.2, 0.25) is 0 Å². The first-order chi connectivity index (χ1) is 13.4. The van der Waals surface area contributed by atoms with Gasteiger partial charge in [-0.1, -0.05) is 26.0 Å². The molecule has 1 atom stereocenters. The highest BCUT2D eigenvalue weighted by molar-refractivity contribution is 7.17. The monoisotopic (exact) mass is 394 g/mol. The van der Waals surface area contributed by atoms with E-state index in [1.54, 1.807) is 11.3 Å². The van der Waals surface area contributed by atoms with Crippen LogP contribution in [0.25, 0.3) is 10.1 Å². The normalized spacial score (nSPS) is 12.4. The van der Waals surface area contributed by atoms with Crippen LogP contribution in [0.1, 0.15) is 61.1 Å². The third kappa shape index (κ3) is 4.22. The molecular formula is C24H30N2OS. The summed E-state index contributed by atoms with van der Waals surface area (Å²) in [5.74, 6) is -0.0183. The molecule has 0 saturated heterocycles. The molecule has 1 amide bonds. The topological polar surface area (TPSA) is 32.3 Å². The van der Waals surface area contributed by atoms with Crippen molar-refractivity contribution in [1.82, 2.24) is 5.32 Å². The lowest BCUT2D eigenvalue weighted by molar-refractivity contribution is 0.0939. The van der Waals surface area contributed by atoms with Crippen LogP contribution in [0.5, 0.6) is 0 Å². The molecule has 1 aromatic heterocycles. The minimum atomic E-state index is -0.0448. The van der Waals surface area contributed by atoms with Crippen molar-refractivity contribution in [3.8, 4) is 0 Å². The number of nitrogens with one attached hydrogen (secondary N) is 1. The van der Waals surface area contributed by atoms with Crippen molar-refractivity contribution in [3.05, 3.63) is 64.5 Å². The highest BCUT2D eigenvalue weighted by Crippen LogP contribution is 2.26. The van der Waals surface area contributed by atoms with Gasteiger partial charge in [-0.05, 0) is 78.9 Å². The third-order valence-electron chi connectivity index (χ3n) is 5.69. The van der Waals surface area contributed by atoms with Crippen molar-refractivity contribution >= 4 is 33.0 Å². The van der Waals surface area contributed by atoms with E-state index < -0.39 is 0 Å². The smallest absolute Gasteiger partial charge is 0.252 e. The lowest BCUT2D eigenvalue weighted by Crippen LogP contribution is -2.31. The Morgan fingerprint density at radius 1 is 1.11 bits per heavy atom. The fourth-order valence-corrected chi connectivity index (χ4v) is 4.50. The standard InChI is InChI=1S/C24H30N2OS/c1-6-20(7-2)26(5)21-10-8-16(3)22(15-21)24(27)25-17(4)18-9-11-23-19(14-18)12-13-28-23/h8-15,17,20H,6-7H2,1-5H3,(H,25,27). The maximum absolute atomic E-state index is 13.0. The maximum Gasteiger partial charge on any atom is 0.252 e. The molecule has 3 rings (SSSR count). The number of anilines is 1. The molecule has 1 unspecified atom stereocenters. The Balaban J connectivity index is 1.80. The van der Waals surface area contributed by atoms with Gasteiger partial charge < -0.3 is 10.2 Å². The molecule has 0 radical (unpaired) electrons.